The number of fused-ring (bicyclic) bond motifs is 3. The van der Waals surface area contributed by atoms with Gasteiger partial charge in [-0.15, -0.1) is 0 Å². The summed E-state index contributed by atoms with van der Waals surface area (Å²) in [7, 11) is 0. The molecule has 0 amide bonds. The lowest BCUT2D eigenvalue weighted by molar-refractivity contribution is 0.253. The molecule has 1 aliphatic carbocycles. The van der Waals surface area contributed by atoms with E-state index in [2.05, 4.69) is 36.4 Å². The van der Waals surface area contributed by atoms with Crippen LogP contribution in [0.1, 0.15) is 17.2 Å². The molecule has 0 bridgehead atoms. The Bertz CT molecular complexity index is 561. The third kappa shape index (κ3) is 1.84. The highest BCUT2D eigenvalue weighted by Crippen LogP contribution is 2.45. The van der Waals surface area contributed by atoms with Crippen LogP contribution in [0.15, 0.2) is 48.5 Å². The molecule has 2 aromatic carbocycles. The fourth-order valence-corrected chi connectivity index (χ4v) is 2.67. The fourth-order valence-electron chi connectivity index (χ4n) is 2.38. The molecule has 2 aromatic rings. The van der Waals surface area contributed by atoms with Crippen molar-refractivity contribution in [1.82, 2.24) is 0 Å². The van der Waals surface area contributed by atoms with Gasteiger partial charge in [-0.05, 0) is 29.6 Å². The van der Waals surface area contributed by atoms with Gasteiger partial charge >= 0.3 is 0 Å². The van der Waals surface area contributed by atoms with E-state index in [4.69, 9.17) is 17.0 Å². The van der Waals surface area contributed by atoms with Crippen LogP contribution in [0.25, 0.3) is 11.1 Å². The van der Waals surface area contributed by atoms with Gasteiger partial charge in [-0.1, -0.05) is 60.3 Å². The summed E-state index contributed by atoms with van der Waals surface area (Å²) in [4.78, 5) is 0. The van der Waals surface area contributed by atoms with E-state index >= 15 is 0 Å². The third-order valence-electron chi connectivity index (χ3n) is 3.16. The van der Waals surface area contributed by atoms with Crippen molar-refractivity contribution < 1.29 is 4.74 Å². The van der Waals surface area contributed by atoms with Gasteiger partial charge in [0, 0.05) is 11.1 Å². The fraction of sp³-hybridized carbons (Fsp3) is 0.133. The minimum absolute atomic E-state index is 0.0580. The second kappa shape index (κ2) is 4.75. The van der Waals surface area contributed by atoms with Crippen molar-refractivity contribution in [3.8, 4) is 11.1 Å². The molecule has 0 N–H and O–H groups in total. The maximum Gasteiger partial charge on any atom is 0.220 e. The number of benzene rings is 2. The Morgan fingerprint density at radius 2 is 1.50 bits per heavy atom. The number of hydrogen-bond donors (Lipinski definition) is 0. The average Bonchev–Trinajstić information content (AvgIpc) is 2.74. The molecule has 1 nitrogen and oxygen atoms in total. The Kier molecular flexibility index (Phi) is 3.10. The summed E-state index contributed by atoms with van der Waals surface area (Å²) in [5.74, 6) is 0. The molecule has 3 rings (SSSR count). The van der Waals surface area contributed by atoms with Gasteiger partial charge in [0.1, 0.15) is 0 Å². The Hall–Kier alpha value is -1.32. The zero-order valence-electron chi connectivity index (χ0n) is 9.92. The first-order valence-corrected chi connectivity index (χ1v) is 7.37. The molecule has 18 heavy (non-hydrogen) atoms. The van der Waals surface area contributed by atoms with Gasteiger partial charge < -0.3 is 4.74 Å². The SMILES string of the molecule is CSC(=S)OC1c2ccccc2-c2ccccc21. The summed E-state index contributed by atoms with van der Waals surface area (Å²) in [5, 5.41) is 0. The predicted octanol–water partition coefficient (Wildman–Crippen LogP) is 4.42. The second-order valence-corrected chi connectivity index (χ2v) is 5.53. The maximum atomic E-state index is 5.91. The highest BCUT2D eigenvalue weighted by molar-refractivity contribution is 8.22. The predicted molar refractivity (Wildman–Crippen MR) is 80.9 cm³/mol. The summed E-state index contributed by atoms with van der Waals surface area (Å²) < 4.78 is 6.50. The van der Waals surface area contributed by atoms with Crippen LogP contribution in [-0.4, -0.2) is 10.6 Å². The zero-order valence-corrected chi connectivity index (χ0v) is 11.6. The van der Waals surface area contributed by atoms with Crippen molar-refractivity contribution in [3.63, 3.8) is 0 Å². The van der Waals surface area contributed by atoms with Crippen molar-refractivity contribution in [1.29, 1.82) is 0 Å². The van der Waals surface area contributed by atoms with Crippen LogP contribution >= 0.6 is 24.0 Å². The molecule has 90 valence electrons. The van der Waals surface area contributed by atoms with E-state index in [-0.39, 0.29) is 6.10 Å². The molecule has 0 radical (unpaired) electrons. The first-order chi connectivity index (χ1) is 8.81. The quantitative estimate of drug-likeness (QED) is 0.711. The maximum absolute atomic E-state index is 5.91. The van der Waals surface area contributed by atoms with E-state index in [1.165, 1.54) is 34.0 Å². The molecule has 1 aliphatic rings. The minimum Gasteiger partial charge on any atom is -0.465 e. The summed E-state index contributed by atoms with van der Waals surface area (Å²) in [6, 6.07) is 16.7. The molecule has 0 saturated carbocycles. The number of rotatable bonds is 1. The number of thioether (sulfide) groups is 1. The molecule has 0 aliphatic heterocycles. The summed E-state index contributed by atoms with van der Waals surface area (Å²) in [5.41, 5.74) is 4.91. The van der Waals surface area contributed by atoms with Gasteiger partial charge in [-0.2, -0.15) is 0 Å². The lowest BCUT2D eigenvalue weighted by Gasteiger charge is -2.15. The average molecular weight is 272 g/mol. The van der Waals surface area contributed by atoms with Crippen LogP contribution in [0.4, 0.5) is 0 Å². The number of thiocarbonyl (C=S) groups is 1. The van der Waals surface area contributed by atoms with Gasteiger partial charge in [0.15, 0.2) is 6.10 Å². The lowest BCUT2D eigenvalue weighted by Crippen LogP contribution is -2.05. The van der Waals surface area contributed by atoms with Crippen LogP contribution in [-0.2, 0) is 4.74 Å². The topological polar surface area (TPSA) is 9.23 Å². The van der Waals surface area contributed by atoms with E-state index in [0.717, 1.165) is 0 Å². The van der Waals surface area contributed by atoms with Gasteiger partial charge in [0.25, 0.3) is 0 Å². The Morgan fingerprint density at radius 3 is 2.00 bits per heavy atom. The first kappa shape index (κ1) is 11.8. The van der Waals surface area contributed by atoms with E-state index in [9.17, 15) is 0 Å². The van der Waals surface area contributed by atoms with Crippen molar-refractivity contribution in [2.45, 2.75) is 6.10 Å². The highest BCUT2D eigenvalue weighted by atomic mass is 32.2. The Labute approximate surface area is 116 Å². The van der Waals surface area contributed by atoms with Crippen molar-refractivity contribution in [2.24, 2.45) is 0 Å². The van der Waals surface area contributed by atoms with Crippen molar-refractivity contribution >= 4 is 28.4 Å². The standard InChI is InChI=1S/C15H12OS2/c1-18-15(17)16-14-12-8-4-2-6-10(12)11-7-3-5-9-13(11)14/h2-9,14H,1H3. The Balaban J connectivity index is 2.12. The monoisotopic (exact) mass is 272 g/mol. The molecule has 0 spiro atoms. The lowest BCUT2D eigenvalue weighted by atomic mass is 10.1. The van der Waals surface area contributed by atoms with Gasteiger partial charge in [0.05, 0.1) is 0 Å². The van der Waals surface area contributed by atoms with Gasteiger partial charge in [-0.25, -0.2) is 0 Å². The molecule has 0 saturated heterocycles. The van der Waals surface area contributed by atoms with Crippen LogP contribution in [0, 0.1) is 0 Å². The van der Waals surface area contributed by atoms with Crippen molar-refractivity contribution in [2.75, 3.05) is 6.26 Å². The summed E-state index contributed by atoms with van der Waals surface area (Å²) in [6.45, 7) is 0. The van der Waals surface area contributed by atoms with E-state index in [1.54, 1.807) is 0 Å². The largest absolute Gasteiger partial charge is 0.465 e. The molecule has 0 fully saturated rings. The molecule has 0 atom stereocenters. The van der Waals surface area contributed by atoms with Crippen LogP contribution < -0.4 is 0 Å². The zero-order chi connectivity index (χ0) is 12.5. The normalized spacial score (nSPS) is 12.9. The second-order valence-electron chi connectivity index (χ2n) is 4.13. The van der Waals surface area contributed by atoms with Gasteiger partial charge in [-0.3, -0.25) is 0 Å². The van der Waals surface area contributed by atoms with Crippen LogP contribution in [0.5, 0.6) is 0 Å². The summed E-state index contributed by atoms with van der Waals surface area (Å²) >= 11 is 6.66. The third-order valence-corrected chi connectivity index (χ3v) is 4.18. The molecular weight excluding hydrogens is 260 g/mol. The van der Waals surface area contributed by atoms with Crippen LogP contribution in [0.2, 0.25) is 0 Å². The molecule has 0 unspecified atom stereocenters. The van der Waals surface area contributed by atoms with E-state index in [1.807, 2.05) is 18.4 Å². The summed E-state index contributed by atoms with van der Waals surface area (Å²) in [6.07, 6.45) is 1.88. The molecule has 0 heterocycles. The van der Waals surface area contributed by atoms with Gasteiger partial charge in [0.2, 0.25) is 4.38 Å². The van der Waals surface area contributed by atoms with Crippen molar-refractivity contribution in [3.05, 3.63) is 59.7 Å². The molecule has 3 heteroatoms. The first-order valence-electron chi connectivity index (χ1n) is 5.74. The molecular formula is C15H12OS2. The minimum atomic E-state index is -0.0580. The smallest absolute Gasteiger partial charge is 0.220 e. The number of hydrogen-bond acceptors (Lipinski definition) is 3. The molecule has 0 aromatic heterocycles. The van der Waals surface area contributed by atoms with Crippen LogP contribution in [0.3, 0.4) is 0 Å². The number of ether oxygens (including phenoxy) is 1. The Morgan fingerprint density at radius 1 is 1.00 bits per heavy atom. The van der Waals surface area contributed by atoms with E-state index < -0.39 is 0 Å². The van der Waals surface area contributed by atoms with E-state index in [0.29, 0.717) is 4.38 Å². The highest BCUT2D eigenvalue weighted by Gasteiger charge is 2.29.